The van der Waals surface area contributed by atoms with Crippen molar-refractivity contribution in [3.8, 4) is 5.75 Å². The zero-order valence-electron chi connectivity index (χ0n) is 20.5. The number of benzene rings is 1. The number of rotatable bonds is 15. The Kier molecular flexibility index (Phi) is 13.0. The molecule has 1 aromatic carbocycles. The summed E-state index contributed by atoms with van der Waals surface area (Å²) in [4.78, 5) is 80.4. The lowest BCUT2D eigenvalue weighted by Crippen LogP contribution is -2.37. The molecule has 0 N–H and O–H groups in total. The second-order valence-corrected chi connectivity index (χ2v) is 6.86. The van der Waals surface area contributed by atoms with Crippen LogP contribution in [0.3, 0.4) is 0 Å². The maximum atomic E-state index is 12.3. The molecular weight excluding hydrogens is 520 g/mol. The molecular formula is C21H24N2O15. The molecule has 0 fully saturated rings. The Balaban J connectivity index is 3.15. The zero-order valence-corrected chi connectivity index (χ0v) is 20.5. The van der Waals surface area contributed by atoms with Gasteiger partial charge in [-0.2, -0.15) is 0 Å². The second-order valence-electron chi connectivity index (χ2n) is 6.86. The number of hydrogen-bond donors (Lipinski definition) is 0. The Morgan fingerprint density at radius 1 is 0.737 bits per heavy atom. The fourth-order valence-corrected chi connectivity index (χ4v) is 2.34. The number of non-ortho nitro benzene ring substituents is 1. The molecule has 1 aromatic rings. The van der Waals surface area contributed by atoms with Crippen molar-refractivity contribution in [2.24, 2.45) is 0 Å². The summed E-state index contributed by atoms with van der Waals surface area (Å²) in [5, 5.41) is 11.2. The van der Waals surface area contributed by atoms with E-state index in [1.807, 2.05) is 0 Å². The summed E-state index contributed by atoms with van der Waals surface area (Å²) in [6, 6.07) is 3.06. The molecule has 0 aliphatic rings. The van der Waals surface area contributed by atoms with E-state index in [2.05, 4.69) is 18.9 Å². The number of carbonyl (C=O) groups excluding carboxylic acids is 6. The highest BCUT2D eigenvalue weighted by atomic mass is 16.7. The third kappa shape index (κ3) is 12.7. The van der Waals surface area contributed by atoms with Gasteiger partial charge in [0.1, 0.15) is 18.8 Å². The first kappa shape index (κ1) is 31.1. The maximum absolute atomic E-state index is 12.3. The predicted octanol–water partition coefficient (Wildman–Crippen LogP) is -0.0286. The van der Waals surface area contributed by atoms with E-state index in [0.717, 1.165) is 43.9 Å². The van der Waals surface area contributed by atoms with Gasteiger partial charge in [-0.25, -0.2) is 4.79 Å². The fraction of sp³-hybridized carbons (Fsp3) is 0.429. The molecule has 0 aliphatic heterocycles. The molecule has 0 heterocycles. The molecule has 1 rings (SSSR count). The van der Waals surface area contributed by atoms with Crippen LogP contribution in [0.15, 0.2) is 18.2 Å². The van der Waals surface area contributed by atoms with Crippen molar-refractivity contribution in [3.05, 3.63) is 28.3 Å². The van der Waals surface area contributed by atoms with Crippen LogP contribution >= 0.6 is 0 Å². The first-order chi connectivity index (χ1) is 17.9. The standard InChI is InChI=1S/C21H24N2O15/c1-13(24)33-10-36-19(27)7-22(8-20(28)37-11-34-14(2)25)17-5-4-16(23(30)31)6-18(17)32-9-21(29)38-12-35-15(3)26/h4-6H,7-12H2,1-3H3. The van der Waals surface area contributed by atoms with Gasteiger partial charge in [0, 0.05) is 26.8 Å². The van der Waals surface area contributed by atoms with Crippen molar-refractivity contribution >= 4 is 47.2 Å². The minimum atomic E-state index is -1.02. The number of nitro groups is 1. The van der Waals surface area contributed by atoms with E-state index in [4.69, 9.17) is 14.2 Å². The average Bonchev–Trinajstić information content (AvgIpc) is 2.81. The summed E-state index contributed by atoms with van der Waals surface area (Å²) in [5.74, 6) is -5.50. The Morgan fingerprint density at radius 2 is 1.18 bits per heavy atom. The minimum Gasteiger partial charge on any atom is -0.479 e. The zero-order chi connectivity index (χ0) is 28.7. The molecule has 0 radical (unpaired) electrons. The van der Waals surface area contributed by atoms with Crippen LogP contribution in [0.2, 0.25) is 0 Å². The number of nitro benzene ring substituents is 1. The van der Waals surface area contributed by atoms with Crippen molar-refractivity contribution in [2.45, 2.75) is 20.8 Å². The summed E-state index contributed by atoms with van der Waals surface area (Å²) in [6.07, 6.45) is 0. The molecule has 38 heavy (non-hydrogen) atoms. The molecule has 0 atom stereocenters. The van der Waals surface area contributed by atoms with Gasteiger partial charge in [0.15, 0.2) is 6.61 Å². The van der Waals surface area contributed by atoms with E-state index in [9.17, 15) is 38.9 Å². The molecule has 0 spiro atoms. The van der Waals surface area contributed by atoms with Crippen LogP contribution in [0, 0.1) is 10.1 Å². The number of nitrogens with zero attached hydrogens (tertiary/aromatic N) is 2. The largest absolute Gasteiger partial charge is 0.479 e. The molecule has 208 valence electrons. The summed E-state index contributed by atoms with van der Waals surface area (Å²) in [5.41, 5.74) is -0.566. The van der Waals surface area contributed by atoms with E-state index in [0.29, 0.717) is 0 Å². The second kappa shape index (κ2) is 15.9. The van der Waals surface area contributed by atoms with Gasteiger partial charge in [-0.1, -0.05) is 0 Å². The third-order valence-corrected chi connectivity index (χ3v) is 3.93. The van der Waals surface area contributed by atoms with Gasteiger partial charge >= 0.3 is 35.8 Å². The lowest BCUT2D eigenvalue weighted by molar-refractivity contribution is -0.384. The van der Waals surface area contributed by atoms with Crippen molar-refractivity contribution < 1.29 is 66.8 Å². The Bertz CT molecular complexity index is 1020. The molecule has 0 saturated carbocycles. The van der Waals surface area contributed by atoms with Gasteiger partial charge in [0.05, 0.1) is 16.7 Å². The Hall–Kier alpha value is -4.96. The van der Waals surface area contributed by atoms with E-state index < -0.39 is 86.5 Å². The van der Waals surface area contributed by atoms with Gasteiger partial charge in [-0.15, -0.1) is 0 Å². The van der Waals surface area contributed by atoms with Crippen molar-refractivity contribution in [1.29, 1.82) is 0 Å². The van der Waals surface area contributed by atoms with Crippen LogP contribution in [0.5, 0.6) is 5.75 Å². The topological polar surface area (TPSA) is 213 Å². The van der Waals surface area contributed by atoms with Crippen LogP contribution in [0.1, 0.15) is 20.8 Å². The molecule has 0 aliphatic carbocycles. The smallest absolute Gasteiger partial charge is 0.347 e. The molecule has 0 bridgehead atoms. The monoisotopic (exact) mass is 544 g/mol. The molecule has 0 amide bonds. The van der Waals surface area contributed by atoms with Crippen LogP contribution < -0.4 is 9.64 Å². The third-order valence-electron chi connectivity index (χ3n) is 3.93. The first-order valence-corrected chi connectivity index (χ1v) is 10.4. The number of ether oxygens (including phenoxy) is 7. The number of esters is 6. The highest BCUT2D eigenvalue weighted by Gasteiger charge is 2.24. The number of hydrogen-bond acceptors (Lipinski definition) is 16. The summed E-state index contributed by atoms with van der Waals surface area (Å²) in [6.45, 7) is -1.08. The summed E-state index contributed by atoms with van der Waals surface area (Å²) < 4.78 is 32.9. The quantitative estimate of drug-likeness (QED) is 0.0931. The molecule has 17 nitrogen and oxygen atoms in total. The van der Waals surface area contributed by atoms with Crippen LogP contribution in [0.4, 0.5) is 11.4 Å². The number of anilines is 1. The lowest BCUT2D eigenvalue weighted by atomic mass is 10.2. The summed E-state index contributed by atoms with van der Waals surface area (Å²) >= 11 is 0. The SMILES string of the molecule is CC(=O)OCOC(=O)COc1cc([N+](=O)[O-])ccc1N(CC(=O)OCOC(C)=O)CC(=O)OCOC(C)=O. The van der Waals surface area contributed by atoms with Crippen molar-refractivity contribution in [3.63, 3.8) is 0 Å². The van der Waals surface area contributed by atoms with Gasteiger partial charge in [0.2, 0.25) is 20.4 Å². The van der Waals surface area contributed by atoms with Gasteiger partial charge in [-0.3, -0.25) is 34.1 Å². The Labute approximate surface area is 214 Å². The summed E-state index contributed by atoms with van der Waals surface area (Å²) in [7, 11) is 0. The normalized spacial score (nSPS) is 9.87. The molecule has 0 unspecified atom stereocenters. The van der Waals surface area contributed by atoms with Gasteiger partial charge < -0.3 is 38.1 Å². The molecule has 17 heteroatoms. The van der Waals surface area contributed by atoms with E-state index >= 15 is 0 Å². The van der Waals surface area contributed by atoms with Crippen LogP contribution in [0.25, 0.3) is 0 Å². The average molecular weight is 544 g/mol. The van der Waals surface area contributed by atoms with Crippen molar-refractivity contribution in [1.82, 2.24) is 0 Å². The first-order valence-electron chi connectivity index (χ1n) is 10.4. The van der Waals surface area contributed by atoms with Crippen LogP contribution in [-0.4, -0.2) is 80.8 Å². The maximum Gasteiger partial charge on any atom is 0.347 e. The van der Waals surface area contributed by atoms with E-state index in [1.165, 1.54) is 0 Å². The van der Waals surface area contributed by atoms with Gasteiger partial charge in [-0.05, 0) is 6.07 Å². The highest BCUT2D eigenvalue weighted by molar-refractivity contribution is 5.83. The molecule has 0 aromatic heterocycles. The van der Waals surface area contributed by atoms with Gasteiger partial charge in [0.25, 0.3) is 5.69 Å². The fourth-order valence-electron chi connectivity index (χ4n) is 2.34. The predicted molar refractivity (Wildman–Crippen MR) is 119 cm³/mol. The lowest BCUT2D eigenvalue weighted by Gasteiger charge is -2.25. The van der Waals surface area contributed by atoms with E-state index in [1.54, 1.807) is 0 Å². The van der Waals surface area contributed by atoms with Crippen LogP contribution in [-0.2, 0) is 57.2 Å². The van der Waals surface area contributed by atoms with Crippen molar-refractivity contribution in [2.75, 3.05) is 45.0 Å². The molecule has 0 saturated heterocycles. The highest BCUT2D eigenvalue weighted by Crippen LogP contribution is 2.32. The number of carbonyl (C=O) groups is 6. The van der Waals surface area contributed by atoms with E-state index in [-0.39, 0.29) is 11.4 Å². The Morgan fingerprint density at radius 3 is 1.61 bits per heavy atom. The minimum absolute atomic E-state index is 0.0998.